The second-order valence-corrected chi connectivity index (χ2v) is 2.83. The highest BCUT2D eigenvalue weighted by Gasteiger charge is 2.33. The molecule has 0 bridgehead atoms. The van der Waals surface area contributed by atoms with Crippen molar-refractivity contribution < 1.29 is 23.8 Å². The highest BCUT2D eigenvalue weighted by molar-refractivity contribution is 5.67. The Kier molecular flexibility index (Phi) is 3.25. The van der Waals surface area contributed by atoms with Crippen LogP contribution in [0.4, 0.5) is 0 Å². The molecular formula is C8H12O5. The van der Waals surface area contributed by atoms with Crippen LogP contribution < -0.4 is 0 Å². The van der Waals surface area contributed by atoms with Gasteiger partial charge in [0.25, 0.3) is 0 Å². The van der Waals surface area contributed by atoms with Gasteiger partial charge >= 0.3 is 11.9 Å². The van der Waals surface area contributed by atoms with Crippen LogP contribution in [-0.2, 0) is 23.8 Å². The van der Waals surface area contributed by atoms with Crippen LogP contribution in [0.25, 0.3) is 0 Å². The van der Waals surface area contributed by atoms with Gasteiger partial charge in [-0.15, -0.1) is 0 Å². The lowest BCUT2D eigenvalue weighted by Crippen LogP contribution is -2.32. The molecule has 1 heterocycles. The summed E-state index contributed by atoms with van der Waals surface area (Å²) in [5.41, 5.74) is 0. The van der Waals surface area contributed by atoms with E-state index in [4.69, 9.17) is 14.2 Å². The Morgan fingerprint density at radius 3 is 1.77 bits per heavy atom. The molecule has 1 rings (SSSR count). The molecular weight excluding hydrogens is 176 g/mol. The van der Waals surface area contributed by atoms with Gasteiger partial charge in [0.05, 0.1) is 13.2 Å². The predicted octanol–water partition coefficient (Wildman–Crippen LogP) is -0.120. The molecule has 0 N–H and O–H groups in total. The van der Waals surface area contributed by atoms with Gasteiger partial charge in [-0.1, -0.05) is 0 Å². The van der Waals surface area contributed by atoms with E-state index in [2.05, 4.69) is 0 Å². The van der Waals surface area contributed by atoms with Crippen LogP contribution >= 0.6 is 0 Å². The first kappa shape index (κ1) is 9.98. The van der Waals surface area contributed by atoms with Crippen molar-refractivity contribution in [2.75, 3.05) is 13.2 Å². The first-order valence-electron chi connectivity index (χ1n) is 4.02. The van der Waals surface area contributed by atoms with E-state index in [-0.39, 0.29) is 13.2 Å². The Bertz CT molecular complexity index is 191. The third kappa shape index (κ3) is 3.02. The minimum absolute atomic E-state index is 0.289. The maximum Gasteiger partial charge on any atom is 0.303 e. The molecule has 0 amide bonds. The highest BCUT2D eigenvalue weighted by Crippen LogP contribution is 2.13. The van der Waals surface area contributed by atoms with E-state index in [9.17, 15) is 9.59 Å². The molecule has 0 saturated carbocycles. The third-order valence-electron chi connectivity index (χ3n) is 1.61. The number of carbonyl (C=O) groups is 2. The van der Waals surface area contributed by atoms with E-state index >= 15 is 0 Å². The standard InChI is InChI=1S/C8H12O5/c1-5(9)12-7-3-11-4-8(7)13-6(2)10/h7-8H,3-4H2,1-2H3/t7-,8-/m0/s1. The predicted molar refractivity (Wildman–Crippen MR) is 41.9 cm³/mol. The zero-order valence-electron chi connectivity index (χ0n) is 7.61. The number of hydrogen-bond acceptors (Lipinski definition) is 5. The van der Waals surface area contributed by atoms with Crippen molar-refractivity contribution in [2.45, 2.75) is 26.1 Å². The van der Waals surface area contributed by atoms with Gasteiger partial charge in [0.2, 0.25) is 0 Å². The molecule has 0 spiro atoms. The average Bonchev–Trinajstić information content (AvgIpc) is 2.34. The normalized spacial score (nSPS) is 26.9. The molecule has 1 aliphatic heterocycles. The summed E-state index contributed by atoms with van der Waals surface area (Å²) in [6.07, 6.45) is -0.914. The van der Waals surface area contributed by atoms with E-state index < -0.39 is 24.1 Å². The fourth-order valence-electron chi connectivity index (χ4n) is 1.16. The van der Waals surface area contributed by atoms with Crippen LogP contribution in [0.2, 0.25) is 0 Å². The molecule has 1 fully saturated rings. The highest BCUT2D eigenvalue weighted by atomic mass is 16.6. The summed E-state index contributed by atoms with van der Waals surface area (Å²) in [7, 11) is 0. The molecule has 0 radical (unpaired) electrons. The van der Waals surface area contributed by atoms with Crippen LogP contribution in [-0.4, -0.2) is 37.4 Å². The van der Waals surface area contributed by atoms with Gasteiger partial charge in [-0.05, 0) is 0 Å². The lowest BCUT2D eigenvalue weighted by molar-refractivity contribution is -0.160. The molecule has 13 heavy (non-hydrogen) atoms. The summed E-state index contributed by atoms with van der Waals surface area (Å²) in [5.74, 6) is -0.791. The van der Waals surface area contributed by atoms with Crippen molar-refractivity contribution >= 4 is 11.9 Å². The minimum atomic E-state index is -0.457. The molecule has 0 aromatic rings. The van der Waals surface area contributed by atoms with E-state index in [1.165, 1.54) is 13.8 Å². The van der Waals surface area contributed by atoms with Crippen LogP contribution in [0.1, 0.15) is 13.8 Å². The lowest BCUT2D eigenvalue weighted by Gasteiger charge is -2.16. The number of carbonyl (C=O) groups excluding carboxylic acids is 2. The molecule has 0 aliphatic carbocycles. The topological polar surface area (TPSA) is 61.8 Å². The Morgan fingerprint density at radius 1 is 1.08 bits per heavy atom. The fraction of sp³-hybridized carbons (Fsp3) is 0.750. The van der Waals surface area contributed by atoms with Crippen LogP contribution in [0.5, 0.6) is 0 Å². The molecule has 0 unspecified atom stereocenters. The summed E-state index contributed by atoms with van der Waals surface area (Å²) >= 11 is 0. The number of rotatable bonds is 2. The van der Waals surface area contributed by atoms with Gasteiger partial charge in [0, 0.05) is 13.8 Å². The number of ether oxygens (including phenoxy) is 3. The molecule has 74 valence electrons. The quantitative estimate of drug-likeness (QED) is 0.565. The Balaban J connectivity index is 2.43. The summed E-state index contributed by atoms with van der Waals surface area (Å²) < 4.78 is 14.8. The number of hydrogen-bond donors (Lipinski definition) is 0. The summed E-state index contributed by atoms with van der Waals surface area (Å²) in [5, 5.41) is 0. The van der Waals surface area contributed by atoms with E-state index in [1.807, 2.05) is 0 Å². The third-order valence-corrected chi connectivity index (χ3v) is 1.61. The van der Waals surface area contributed by atoms with Crippen molar-refractivity contribution in [2.24, 2.45) is 0 Å². The van der Waals surface area contributed by atoms with Crippen LogP contribution in [0.15, 0.2) is 0 Å². The van der Waals surface area contributed by atoms with Gasteiger partial charge < -0.3 is 14.2 Å². The van der Waals surface area contributed by atoms with Gasteiger partial charge in [-0.25, -0.2) is 0 Å². The van der Waals surface area contributed by atoms with Crippen LogP contribution in [0.3, 0.4) is 0 Å². The Labute approximate surface area is 76.0 Å². The second-order valence-electron chi connectivity index (χ2n) is 2.83. The summed E-state index contributed by atoms with van der Waals surface area (Å²) in [6.45, 7) is 3.20. The van der Waals surface area contributed by atoms with Crippen molar-refractivity contribution in [1.82, 2.24) is 0 Å². The van der Waals surface area contributed by atoms with Gasteiger partial charge in [-0.2, -0.15) is 0 Å². The summed E-state index contributed by atoms with van der Waals surface area (Å²) in [6, 6.07) is 0. The largest absolute Gasteiger partial charge is 0.456 e. The zero-order valence-corrected chi connectivity index (χ0v) is 7.61. The zero-order chi connectivity index (χ0) is 9.84. The molecule has 1 aliphatic rings. The smallest absolute Gasteiger partial charge is 0.303 e. The Hall–Kier alpha value is -1.10. The molecule has 5 nitrogen and oxygen atoms in total. The lowest BCUT2D eigenvalue weighted by atomic mass is 10.2. The first-order valence-corrected chi connectivity index (χ1v) is 4.02. The van der Waals surface area contributed by atoms with Gasteiger partial charge in [-0.3, -0.25) is 9.59 Å². The molecule has 0 aromatic carbocycles. The average molecular weight is 188 g/mol. The molecule has 1 saturated heterocycles. The fourth-order valence-corrected chi connectivity index (χ4v) is 1.16. The maximum absolute atomic E-state index is 10.6. The van der Waals surface area contributed by atoms with Gasteiger partial charge in [0.15, 0.2) is 12.2 Å². The second kappa shape index (κ2) is 4.23. The first-order chi connectivity index (χ1) is 6.09. The Morgan fingerprint density at radius 2 is 1.46 bits per heavy atom. The molecule has 0 aromatic heterocycles. The van der Waals surface area contributed by atoms with Crippen molar-refractivity contribution in [3.05, 3.63) is 0 Å². The van der Waals surface area contributed by atoms with E-state index in [1.54, 1.807) is 0 Å². The van der Waals surface area contributed by atoms with E-state index in [0.717, 1.165) is 0 Å². The van der Waals surface area contributed by atoms with Crippen LogP contribution in [0, 0.1) is 0 Å². The maximum atomic E-state index is 10.6. The van der Waals surface area contributed by atoms with Crippen molar-refractivity contribution in [3.63, 3.8) is 0 Å². The SMILES string of the molecule is CC(=O)O[C@H]1COC[C@@H]1OC(C)=O. The van der Waals surface area contributed by atoms with Crippen molar-refractivity contribution in [3.8, 4) is 0 Å². The van der Waals surface area contributed by atoms with Gasteiger partial charge in [0.1, 0.15) is 0 Å². The van der Waals surface area contributed by atoms with Crippen molar-refractivity contribution in [1.29, 1.82) is 0 Å². The monoisotopic (exact) mass is 188 g/mol. The molecule has 5 heteroatoms. The summed E-state index contributed by atoms with van der Waals surface area (Å²) in [4.78, 5) is 21.2. The number of esters is 2. The molecule has 2 atom stereocenters. The minimum Gasteiger partial charge on any atom is -0.456 e. The van der Waals surface area contributed by atoms with E-state index in [0.29, 0.717) is 0 Å².